The van der Waals surface area contributed by atoms with Crippen molar-refractivity contribution >= 4 is 24.2 Å². The molecule has 0 aliphatic heterocycles. The Kier molecular flexibility index (Phi) is 2.04. The maximum atomic E-state index is 11.2. The Morgan fingerprint density at radius 2 is 1.25 bits per heavy atom. The zero-order valence-electron chi connectivity index (χ0n) is 3.30. The van der Waals surface area contributed by atoms with Crippen LogP contribution in [0.2, 0.25) is 0 Å². The van der Waals surface area contributed by atoms with Crippen LogP contribution in [-0.2, 0) is 0 Å². The van der Waals surface area contributed by atoms with Gasteiger partial charge < -0.3 is 0 Å². The number of hydrogen-bond acceptors (Lipinski definition) is 0. The molecule has 0 fully saturated rings. The molecule has 1 radical (unpaired) electrons. The van der Waals surface area contributed by atoms with Crippen LogP contribution in [0, 0.1) is 0 Å². The molecule has 0 aliphatic carbocycles. The molecule has 0 aromatic rings. The highest BCUT2D eigenvalue weighted by molar-refractivity contribution is 7.81. The average molecular weight is 168 g/mol. The van der Waals surface area contributed by atoms with Crippen LogP contribution in [-0.4, -0.2) is 10.6 Å². The smallest absolute Gasteiger partial charge is 0.185 e. The van der Waals surface area contributed by atoms with Crippen LogP contribution in [0.5, 0.6) is 0 Å². The molecule has 8 heavy (non-hydrogen) atoms. The summed E-state index contributed by atoms with van der Waals surface area (Å²) < 4.78 is 44.6. The van der Waals surface area contributed by atoms with Gasteiger partial charge >= 0.3 is 10.6 Å². The van der Waals surface area contributed by atoms with Gasteiger partial charge in [-0.3, -0.25) is 0 Å². The van der Waals surface area contributed by atoms with Crippen molar-refractivity contribution < 1.29 is 17.6 Å². The lowest BCUT2D eigenvalue weighted by Gasteiger charge is -2.12. The van der Waals surface area contributed by atoms with Crippen molar-refractivity contribution in [3.63, 3.8) is 0 Å². The summed E-state index contributed by atoms with van der Waals surface area (Å²) in [6, 6.07) is 0. The second-order valence-electron chi connectivity index (χ2n) is 1.01. The molecule has 0 aliphatic rings. The lowest BCUT2D eigenvalue weighted by molar-refractivity contribution is -0.0882. The van der Waals surface area contributed by atoms with E-state index in [-0.39, 0.29) is 0 Å². The van der Waals surface area contributed by atoms with Crippen molar-refractivity contribution in [3.8, 4) is 0 Å². The minimum atomic E-state index is -4.61. The first kappa shape index (κ1) is 8.36. The number of halogens is 5. The molecule has 0 spiro atoms. The Morgan fingerprint density at radius 3 is 1.25 bits per heavy atom. The SMILES string of the molecule is FC(F)([S])C(F)(F)Cl. The van der Waals surface area contributed by atoms with Gasteiger partial charge in [-0.1, -0.05) is 0 Å². The van der Waals surface area contributed by atoms with E-state index in [0.29, 0.717) is 0 Å². The highest BCUT2D eigenvalue weighted by Gasteiger charge is 2.52. The van der Waals surface area contributed by atoms with Crippen molar-refractivity contribution in [1.82, 2.24) is 0 Å². The molecule has 6 heteroatoms. The standard InChI is InChI=1S/C2ClF4S/c3-1(4,5)2(6,7)8. The summed E-state index contributed by atoms with van der Waals surface area (Å²) in [6.45, 7) is 0. The summed E-state index contributed by atoms with van der Waals surface area (Å²) >= 11 is 6.83. The highest BCUT2D eigenvalue weighted by atomic mass is 35.5. The second-order valence-corrected chi connectivity index (χ2v) is 2.00. The largest absolute Gasteiger partial charge is 0.394 e. The van der Waals surface area contributed by atoms with E-state index in [0.717, 1.165) is 0 Å². The van der Waals surface area contributed by atoms with Gasteiger partial charge in [-0.15, -0.1) is 0 Å². The molecule has 0 aromatic carbocycles. The van der Waals surface area contributed by atoms with Crippen molar-refractivity contribution in [2.24, 2.45) is 0 Å². The average Bonchev–Trinajstić information content (AvgIpc) is 1.25. The number of rotatable bonds is 1. The van der Waals surface area contributed by atoms with E-state index in [1.807, 2.05) is 0 Å². The van der Waals surface area contributed by atoms with E-state index < -0.39 is 10.6 Å². The first-order valence-corrected chi connectivity index (χ1v) is 2.19. The van der Waals surface area contributed by atoms with E-state index in [1.165, 1.54) is 0 Å². The Hall–Kier alpha value is 0.360. The van der Waals surface area contributed by atoms with Crippen LogP contribution < -0.4 is 0 Å². The van der Waals surface area contributed by atoms with Crippen LogP contribution in [0.4, 0.5) is 17.6 Å². The minimum Gasteiger partial charge on any atom is -0.185 e. The molecule has 0 N–H and O–H groups in total. The van der Waals surface area contributed by atoms with Gasteiger partial charge in [-0.2, -0.15) is 17.6 Å². The molecule has 49 valence electrons. The molecule has 0 bridgehead atoms. The first-order valence-electron chi connectivity index (χ1n) is 1.40. The molecule has 0 saturated heterocycles. The predicted molar refractivity (Wildman–Crippen MR) is 23.3 cm³/mol. The number of alkyl halides is 5. The molecule has 0 nitrogen and oxygen atoms in total. The summed E-state index contributed by atoms with van der Waals surface area (Å²) in [7, 11) is 0. The lowest BCUT2D eigenvalue weighted by atomic mass is 10.7. The summed E-state index contributed by atoms with van der Waals surface area (Å²) in [6.07, 6.45) is 0. The van der Waals surface area contributed by atoms with E-state index >= 15 is 0 Å². The van der Waals surface area contributed by atoms with Gasteiger partial charge in [-0.25, -0.2) is 0 Å². The van der Waals surface area contributed by atoms with Crippen LogP contribution >= 0.6 is 24.2 Å². The predicted octanol–water partition coefficient (Wildman–Crippen LogP) is 2.61. The quantitative estimate of drug-likeness (QED) is 0.416. The maximum absolute atomic E-state index is 11.2. The molecule has 0 unspecified atom stereocenters. The van der Waals surface area contributed by atoms with Crippen molar-refractivity contribution in [2.75, 3.05) is 0 Å². The molecule has 0 atom stereocenters. The Labute approximate surface area is 53.2 Å². The third-order valence-corrected chi connectivity index (χ3v) is 0.936. The fourth-order valence-corrected chi connectivity index (χ4v) is 0. The zero-order valence-corrected chi connectivity index (χ0v) is 4.87. The van der Waals surface area contributed by atoms with Crippen LogP contribution in [0.1, 0.15) is 0 Å². The third-order valence-electron chi connectivity index (χ3n) is 0.330. The molecular formula is C2ClF4S. The van der Waals surface area contributed by atoms with E-state index in [9.17, 15) is 17.6 Å². The normalized spacial score (nSPS) is 14.2. The van der Waals surface area contributed by atoms with E-state index in [4.69, 9.17) is 0 Å². The van der Waals surface area contributed by atoms with Crippen molar-refractivity contribution in [1.29, 1.82) is 0 Å². The van der Waals surface area contributed by atoms with Gasteiger partial charge in [0.05, 0.1) is 0 Å². The molecule has 0 amide bonds. The van der Waals surface area contributed by atoms with E-state index in [1.54, 1.807) is 0 Å². The first-order chi connectivity index (χ1) is 3.25. The Balaban J connectivity index is 4.02. The fourth-order valence-electron chi connectivity index (χ4n) is 0. The molecule has 0 aromatic heterocycles. The summed E-state index contributed by atoms with van der Waals surface area (Å²) in [5.41, 5.74) is 0. The van der Waals surface area contributed by atoms with Crippen molar-refractivity contribution in [3.05, 3.63) is 0 Å². The van der Waals surface area contributed by atoms with Crippen LogP contribution in [0.15, 0.2) is 0 Å². The van der Waals surface area contributed by atoms with Gasteiger partial charge in [0.2, 0.25) is 0 Å². The molecule has 0 saturated carbocycles. The topological polar surface area (TPSA) is 0 Å². The summed E-state index contributed by atoms with van der Waals surface area (Å²) in [5.74, 6) is 0. The van der Waals surface area contributed by atoms with Crippen molar-refractivity contribution in [2.45, 2.75) is 10.6 Å². The van der Waals surface area contributed by atoms with E-state index in [2.05, 4.69) is 24.2 Å². The monoisotopic (exact) mass is 167 g/mol. The van der Waals surface area contributed by atoms with Gasteiger partial charge in [0, 0.05) is 0 Å². The van der Waals surface area contributed by atoms with Crippen LogP contribution in [0.25, 0.3) is 0 Å². The minimum absolute atomic E-state index is 3.01. The second kappa shape index (κ2) is 1.95. The van der Waals surface area contributed by atoms with Gasteiger partial charge in [0.25, 0.3) is 0 Å². The Morgan fingerprint density at radius 1 is 1.12 bits per heavy atom. The summed E-state index contributed by atoms with van der Waals surface area (Å²) in [5, 5.41) is -9.16. The third kappa shape index (κ3) is 2.09. The van der Waals surface area contributed by atoms with Crippen LogP contribution in [0.3, 0.4) is 0 Å². The molecule has 0 heterocycles. The van der Waals surface area contributed by atoms with Gasteiger partial charge in [-0.05, 0) is 24.2 Å². The highest BCUT2D eigenvalue weighted by Crippen LogP contribution is 2.39. The van der Waals surface area contributed by atoms with Gasteiger partial charge in [0.15, 0.2) is 0 Å². The zero-order chi connectivity index (χ0) is 7.00. The fraction of sp³-hybridized carbons (Fsp3) is 1.00. The maximum Gasteiger partial charge on any atom is 0.394 e. The lowest BCUT2D eigenvalue weighted by Crippen LogP contribution is -2.28. The Bertz CT molecular complexity index is 69.0. The van der Waals surface area contributed by atoms with Gasteiger partial charge in [0.1, 0.15) is 0 Å². The molecule has 0 rings (SSSR count). The molecular weight excluding hydrogens is 168 g/mol. The number of hydrogen-bond donors (Lipinski definition) is 0. The summed E-state index contributed by atoms with van der Waals surface area (Å²) in [4.78, 5) is 0.